The summed E-state index contributed by atoms with van der Waals surface area (Å²) in [4.78, 5) is 16.9. The van der Waals surface area contributed by atoms with E-state index in [0.717, 1.165) is 11.3 Å². The van der Waals surface area contributed by atoms with Gasteiger partial charge in [-0.25, -0.2) is 4.68 Å². The van der Waals surface area contributed by atoms with Gasteiger partial charge in [0.05, 0.1) is 17.8 Å². The summed E-state index contributed by atoms with van der Waals surface area (Å²) in [5.41, 5.74) is 3.00. The van der Waals surface area contributed by atoms with Gasteiger partial charge in [-0.3, -0.25) is 14.9 Å². The number of halogens is 1. The van der Waals surface area contributed by atoms with Gasteiger partial charge in [0.15, 0.2) is 0 Å². The van der Waals surface area contributed by atoms with Crippen molar-refractivity contribution < 1.29 is 0 Å². The Labute approximate surface area is 139 Å². The molecule has 0 aliphatic rings. The lowest BCUT2D eigenvalue weighted by Gasteiger charge is -2.01. The van der Waals surface area contributed by atoms with Gasteiger partial charge in [0.2, 0.25) is 0 Å². The van der Waals surface area contributed by atoms with E-state index in [1.165, 1.54) is 4.68 Å². The molecule has 1 heterocycles. The molecule has 0 spiro atoms. The molecular weight excluding hydrogens is 310 g/mol. The maximum Gasteiger partial charge on any atom is 0.280 e. The largest absolute Gasteiger partial charge is 0.295 e. The van der Waals surface area contributed by atoms with Gasteiger partial charge < -0.3 is 0 Å². The molecule has 0 radical (unpaired) electrons. The van der Waals surface area contributed by atoms with Crippen LogP contribution in [0.1, 0.15) is 16.8 Å². The molecule has 0 saturated carbocycles. The molecule has 0 aliphatic heterocycles. The first-order valence-corrected chi connectivity index (χ1v) is 7.64. The Balaban J connectivity index is 1.88. The van der Waals surface area contributed by atoms with E-state index in [1.54, 1.807) is 18.3 Å². The summed E-state index contributed by atoms with van der Waals surface area (Å²) < 4.78 is 1.48. The lowest BCUT2D eigenvalue weighted by molar-refractivity contribution is 0.835. The van der Waals surface area contributed by atoms with Gasteiger partial charge in [-0.05, 0) is 30.7 Å². The Bertz CT molecular complexity index is 894. The third kappa shape index (κ3) is 3.43. The van der Waals surface area contributed by atoms with Gasteiger partial charge >= 0.3 is 0 Å². The number of aryl methyl sites for hydroxylation is 1. The Morgan fingerprint density at radius 2 is 1.96 bits per heavy atom. The number of rotatable bonds is 4. The second-order valence-electron chi connectivity index (χ2n) is 5.23. The fraction of sp³-hybridized carbons (Fsp3) is 0.111. The number of aromatic nitrogens is 2. The molecule has 23 heavy (non-hydrogen) atoms. The van der Waals surface area contributed by atoms with Crippen LogP contribution in [0, 0.1) is 6.92 Å². The van der Waals surface area contributed by atoms with Gasteiger partial charge in [-0.15, -0.1) is 0 Å². The van der Waals surface area contributed by atoms with E-state index in [0.29, 0.717) is 22.8 Å². The molecule has 116 valence electrons. The maximum atomic E-state index is 12.5. The number of aliphatic imine (C=N–C) groups is 1. The molecule has 0 amide bonds. The molecule has 0 bridgehead atoms. The van der Waals surface area contributed by atoms with Gasteiger partial charge in [-0.1, -0.05) is 48.0 Å². The molecule has 0 aliphatic carbocycles. The van der Waals surface area contributed by atoms with Gasteiger partial charge in [0.1, 0.15) is 0 Å². The molecular formula is C18H16ClN3O. The zero-order chi connectivity index (χ0) is 16.2. The predicted octanol–water partition coefficient (Wildman–Crippen LogP) is 3.75. The third-order valence-electron chi connectivity index (χ3n) is 3.52. The molecule has 0 fully saturated rings. The minimum atomic E-state index is -0.137. The zero-order valence-electron chi connectivity index (χ0n) is 12.7. The molecule has 3 rings (SSSR count). The minimum absolute atomic E-state index is 0.137. The number of hydrogen-bond acceptors (Lipinski definition) is 2. The van der Waals surface area contributed by atoms with Crippen LogP contribution in [-0.2, 0) is 6.54 Å². The Morgan fingerprint density at radius 3 is 2.70 bits per heavy atom. The summed E-state index contributed by atoms with van der Waals surface area (Å²) in [6, 6.07) is 17.1. The van der Waals surface area contributed by atoms with Crippen molar-refractivity contribution in [2.75, 3.05) is 0 Å². The third-order valence-corrected chi connectivity index (χ3v) is 3.76. The molecule has 1 aromatic heterocycles. The molecule has 0 atom stereocenters. The average Bonchev–Trinajstić information content (AvgIpc) is 2.84. The number of aromatic amines is 1. The first-order chi connectivity index (χ1) is 11.1. The highest BCUT2D eigenvalue weighted by atomic mass is 35.5. The van der Waals surface area contributed by atoms with E-state index in [9.17, 15) is 4.79 Å². The molecule has 2 aromatic carbocycles. The smallest absolute Gasteiger partial charge is 0.280 e. The Morgan fingerprint density at radius 1 is 1.17 bits per heavy atom. The fourth-order valence-electron chi connectivity index (χ4n) is 2.33. The standard InChI is InChI=1S/C18H16ClN3O/c1-13-17(12-20-11-14-6-3-2-4-7-14)18(23)22(21-13)16-9-5-8-15(19)10-16/h2-10,12,21H,11H2,1H3. The maximum absolute atomic E-state index is 12.5. The fourth-order valence-corrected chi connectivity index (χ4v) is 2.52. The molecule has 0 saturated heterocycles. The molecule has 5 heteroatoms. The zero-order valence-corrected chi connectivity index (χ0v) is 13.4. The second kappa shape index (κ2) is 6.67. The summed E-state index contributed by atoms with van der Waals surface area (Å²) in [6.07, 6.45) is 1.63. The highest BCUT2D eigenvalue weighted by Gasteiger charge is 2.10. The summed E-state index contributed by atoms with van der Waals surface area (Å²) >= 11 is 5.99. The van der Waals surface area contributed by atoms with Crippen molar-refractivity contribution >= 4 is 17.8 Å². The van der Waals surface area contributed by atoms with Crippen molar-refractivity contribution in [3.63, 3.8) is 0 Å². The van der Waals surface area contributed by atoms with Gasteiger partial charge in [-0.2, -0.15) is 0 Å². The lowest BCUT2D eigenvalue weighted by Crippen LogP contribution is -2.17. The monoisotopic (exact) mass is 325 g/mol. The number of benzene rings is 2. The molecule has 0 unspecified atom stereocenters. The van der Waals surface area contributed by atoms with E-state index >= 15 is 0 Å². The minimum Gasteiger partial charge on any atom is -0.295 e. The Kier molecular flexibility index (Phi) is 4.44. The van der Waals surface area contributed by atoms with Crippen LogP contribution >= 0.6 is 11.6 Å². The molecule has 4 nitrogen and oxygen atoms in total. The molecule has 1 N–H and O–H groups in total. The van der Waals surface area contributed by atoms with Crippen molar-refractivity contribution in [3.05, 3.63) is 86.8 Å². The van der Waals surface area contributed by atoms with E-state index in [-0.39, 0.29) is 5.56 Å². The van der Waals surface area contributed by atoms with Crippen LogP contribution < -0.4 is 5.56 Å². The number of hydrogen-bond donors (Lipinski definition) is 1. The van der Waals surface area contributed by atoms with Crippen LogP contribution in [0.25, 0.3) is 5.69 Å². The van der Waals surface area contributed by atoms with Crippen LogP contribution in [0.5, 0.6) is 0 Å². The first-order valence-electron chi connectivity index (χ1n) is 7.26. The second-order valence-corrected chi connectivity index (χ2v) is 5.66. The van der Waals surface area contributed by atoms with Crippen molar-refractivity contribution in [1.29, 1.82) is 0 Å². The summed E-state index contributed by atoms with van der Waals surface area (Å²) in [5.74, 6) is 0. The SMILES string of the molecule is Cc1[nH]n(-c2cccc(Cl)c2)c(=O)c1C=NCc1ccccc1. The summed E-state index contributed by atoms with van der Waals surface area (Å²) in [7, 11) is 0. The van der Waals surface area contributed by atoms with E-state index < -0.39 is 0 Å². The quantitative estimate of drug-likeness (QED) is 0.730. The van der Waals surface area contributed by atoms with E-state index in [1.807, 2.05) is 49.4 Å². The van der Waals surface area contributed by atoms with Gasteiger partial charge in [0.25, 0.3) is 5.56 Å². The first kappa shape index (κ1) is 15.3. The van der Waals surface area contributed by atoms with Crippen molar-refractivity contribution in [1.82, 2.24) is 9.78 Å². The van der Waals surface area contributed by atoms with Crippen molar-refractivity contribution in [2.45, 2.75) is 13.5 Å². The Hall–Kier alpha value is -2.59. The van der Waals surface area contributed by atoms with Crippen LogP contribution in [0.3, 0.4) is 0 Å². The van der Waals surface area contributed by atoms with Crippen LogP contribution in [0.2, 0.25) is 5.02 Å². The molecule has 3 aromatic rings. The average molecular weight is 326 g/mol. The van der Waals surface area contributed by atoms with Crippen LogP contribution in [0.15, 0.2) is 64.4 Å². The normalized spacial score (nSPS) is 11.2. The summed E-state index contributed by atoms with van der Waals surface area (Å²) in [5, 5.41) is 3.64. The highest BCUT2D eigenvalue weighted by molar-refractivity contribution is 6.30. The van der Waals surface area contributed by atoms with Crippen molar-refractivity contribution in [2.24, 2.45) is 4.99 Å². The predicted molar refractivity (Wildman–Crippen MR) is 93.9 cm³/mol. The van der Waals surface area contributed by atoms with E-state index in [2.05, 4.69) is 10.1 Å². The number of nitrogens with zero attached hydrogens (tertiary/aromatic N) is 2. The van der Waals surface area contributed by atoms with Gasteiger partial charge in [0, 0.05) is 16.9 Å². The van der Waals surface area contributed by atoms with Crippen LogP contribution in [-0.4, -0.2) is 16.0 Å². The number of nitrogens with one attached hydrogen (secondary N) is 1. The lowest BCUT2D eigenvalue weighted by atomic mass is 10.2. The van der Waals surface area contributed by atoms with Crippen molar-refractivity contribution in [3.8, 4) is 5.69 Å². The van der Waals surface area contributed by atoms with Crippen LogP contribution in [0.4, 0.5) is 0 Å². The topological polar surface area (TPSA) is 50.1 Å². The summed E-state index contributed by atoms with van der Waals surface area (Å²) in [6.45, 7) is 2.40. The van der Waals surface area contributed by atoms with E-state index in [4.69, 9.17) is 11.6 Å². The number of H-pyrrole nitrogens is 1. The highest BCUT2D eigenvalue weighted by Crippen LogP contribution is 2.13.